The van der Waals surface area contributed by atoms with Gasteiger partial charge in [-0.15, -0.1) is 24.0 Å². The number of nitrogens with zero attached hydrogens (tertiary/aromatic N) is 3. The summed E-state index contributed by atoms with van der Waals surface area (Å²) in [5.74, 6) is 2.40. The van der Waals surface area contributed by atoms with Crippen LogP contribution in [0.2, 0.25) is 0 Å². The molecule has 150 valence electrons. The summed E-state index contributed by atoms with van der Waals surface area (Å²) in [6.45, 7) is 2.42. The Morgan fingerprint density at radius 2 is 2.07 bits per heavy atom. The van der Waals surface area contributed by atoms with Gasteiger partial charge in [-0.1, -0.05) is 18.2 Å². The third-order valence-electron chi connectivity index (χ3n) is 4.62. The summed E-state index contributed by atoms with van der Waals surface area (Å²) in [5.41, 5.74) is 3.67. The number of pyridine rings is 1. The molecular formula is C21H27IN4O2. The molecule has 0 aliphatic carbocycles. The van der Waals surface area contributed by atoms with Gasteiger partial charge in [0.2, 0.25) is 5.88 Å². The van der Waals surface area contributed by atoms with Gasteiger partial charge >= 0.3 is 0 Å². The van der Waals surface area contributed by atoms with Gasteiger partial charge in [-0.05, 0) is 41.3 Å². The van der Waals surface area contributed by atoms with Crippen molar-refractivity contribution in [2.75, 3.05) is 34.4 Å². The SMILES string of the molecule is CN=C(NCc1ccnc(OC)c1)N1CC=C(c2cccc(OC)c2)CC1.I. The van der Waals surface area contributed by atoms with Crippen LogP contribution in [0.3, 0.4) is 0 Å². The van der Waals surface area contributed by atoms with E-state index in [-0.39, 0.29) is 24.0 Å². The van der Waals surface area contributed by atoms with Gasteiger partial charge in [-0.2, -0.15) is 0 Å². The molecule has 7 heteroatoms. The summed E-state index contributed by atoms with van der Waals surface area (Å²) >= 11 is 0. The molecule has 2 aromatic rings. The van der Waals surface area contributed by atoms with Crippen molar-refractivity contribution in [2.45, 2.75) is 13.0 Å². The van der Waals surface area contributed by atoms with Gasteiger partial charge in [0, 0.05) is 38.9 Å². The number of nitrogens with one attached hydrogen (secondary N) is 1. The smallest absolute Gasteiger partial charge is 0.213 e. The minimum Gasteiger partial charge on any atom is -0.497 e. The topological polar surface area (TPSA) is 59.0 Å². The van der Waals surface area contributed by atoms with E-state index in [0.29, 0.717) is 12.4 Å². The zero-order valence-electron chi connectivity index (χ0n) is 16.5. The Bertz CT molecular complexity index is 839. The van der Waals surface area contributed by atoms with Crippen LogP contribution in [0.15, 0.2) is 53.7 Å². The lowest BCUT2D eigenvalue weighted by molar-refractivity contribution is 0.397. The van der Waals surface area contributed by atoms with E-state index in [2.05, 4.69) is 38.4 Å². The molecule has 2 heterocycles. The maximum atomic E-state index is 5.33. The van der Waals surface area contributed by atoms with Crippen LogP contribution in [-0.4, -0.2) is 50.2 Å². The first-order chi connectivity index (χ1) is 13.2. The second kappa shape index (κ2) is 10.9. The Kier molecular flexibility index (Phi) is 8.56. The average Bonchev–Trinajstić information content (AvgIpc) is 2.75. The quantitative estimate of drug-likeness (QED) is 0.391. The molecular weight excluding hydrogens is 467 g/mol. The lowest BCUT2D eigenvalue weighted by Crippen LogP contribution is -2.43. The van der Waals surface area contributed by atoms with E-state index >= 15 is 0 Å². The number of hydrogen-bond donors (Lipinski definition) is 1. The Balaban J connectivity index is 0.00000280. The number of ether oxygens (including phenoxy) is 2. The number of methoxy groups -OCH3 is 2. The third-order valence-corrected chi connectivity index (χ3v) is 4.62. The Hall–Kier alpha value is -2.29. The lowest BCUT2D eigenvalue weighted by atomic mass is 9.99. The Morgan fingerprint density at radius 1 is 1.21 bits per heavy atom. The molecule has 0 unspecified atom stereocenters. The number of halogens is 1. The largest absolute Gasteiger partial charge is 0.497 e. The monoisotopic (exact) mass is 494 g/mol. The van der Waals surface area contributed by atoms with Crippen LogP contribution in [0.5, 0.6) is 11.6 Å². The van der Waals surface area contributed by atoms with Crippen LogP contribution in [0.25, 0.3) is 5.57 Å². The molecule has 0 spiro atoms. The van der Waals surface area contributed by atoms with Crippen molar-refractivity contribution in [3.05, 3.63) is 59.8 Å². The summed E-state index contributed by atoms with van der Waals surface area (Å²) in [6, 6.07) is 12.1. The average molecular weight is 494 g/mol. The van der Waals surface area contributed by atoms with Crippen molar-refractivity contribution in [2.24, 2.45) is 4.99 Å². The first-order valence-electron chi connectivity index (χ1n) is 9.01. The first-order valence-corrected chi connectivity index (χ1v) is 9.01. The van der Waals surface area contributed by atoms with Gasteiger partial charge in [0.1, 0.15) is 5.75 Å². The molecule has 6 nitrogen and oxygen atoms in total. The summed E-state index contributed by atoms with van der Waals surface area (Å²) in [6.07, 6.45) is 4.99. The molecule has 3 rings (SSSR count). The van der Waals surface area contributed by atoms with Gasteiger partial charge in [0.15, 0.2) is 5.96 Å². The number of hydrogen-bond acceptors (Lipinski definition) is 4. The lowest BCUT2D eigenvalue weighted by Gasteiger charge is -2.30. The minimum atomic E-state index is 0. The minimum absolute atomic E-state index is 0. The van der Waals surface area contributed by atoms with Gasteiger partial charge in [-0.3, -0.25) is 4.99 Å². The second-order valence-electron chi connectivity index (χ2n) is 6.26. The van der Waals surface area contributed by atoms with E-state index in [4.69, 9.17) is 9.47 Å². The fourth-order valence-electron chi connectivity index (χ4n) is 3.13. The molecule has 28 heavy (non-hydrogen) atoms. The van der Waals surface area contributed by atoms with Crippen LogP contribution in [0.4, 0.5) is 0 Å². The van der Waals surface area contributed by atoms with Gasteiger partial charge in [0.05, 0.1) is 14.2 Å². The van der Waals surface area contributed by atoms with Crippen LogP contribution in [0, 0.1) is 0 Å². The maximum absolute atomic E-state index is 5.33. The van der Waals surface area contributed by atoms with Crippen molar-refractivity contribution in [3.63, 3.8) is 0 Å². The van der Waals surface area contributed by atoms with E-state index in [0.717, 1.165) is 36.8 Å². The number of guanidine groups is 1. The fourth-order valence-corrected chi connectivity index (χ4v) is 3.13. The number of aliphatic imine (C=N–C) groups is 1. The summed E-state index contributed by atoms with van der Waals surface area (Å²) < 4.78 is 10.5. The molecule has 1 aliphatic rings. The highest BCUT2D eigenvalue weighted by molar-refractivity contribution is 14.0. The van der Waals surface area contributed by atoms with Crippen molar-refractivity contribution < 1.29 is 9.47 Å². The molecule has 0 saturated heterocycles. The number of benzene rings is 1. The zero-order valence-corrected chi connectivity index (χ0v) is 18.8. The predicted octanol–water partition coefficient (Wildman–Crippen LogP) is 3.58. The molecule has 1 aromatic heterocycles. The molecule has 0 amide bonds. The Labute approximate surface area is 183 Å². The van der Waals surface area contributed by atoms with Crippen LogP contribution < -0.4 is 14.8 Å². The van der Waals surface area contributed by atoms with Crippen LogP contribution in [-0.2, 0) is 6.54 Å². The van der Waals surface area contributed by atoms with Crippen molar-refractivity contribution in [1.82, 2.24) is 15.2 Å². The summed E-state index contributed by atoms with van der Waals surface area (Å²) in [7, 11) is 5.14. The zero-order chi connectivity index (χ0) is 19.1. The first kappa shape index (κ1) is 22.0. The van der Waals surface area contributed by atoms with Crippen molar-refractivity contribution in [3.8, 4) is 11.6 Å². The van der Waals surface area contributed by atoms with Crippen molar-refractivity contribution >= 4 is 35.5 Å². The van der Waals surface area contributed by atoms with Crippen molar-refractivity contribution in [1.29, 1.82) is 0 Å². The molecule has 1 aliphatic heterocycles. The highest BCUT2D eigenvalue weighted by atomic mass is 127. The van der Waals surface area contributed by atoms with E-state index in [1.807, 2.05) is 31.3 Å². The van der Waals surface area contributed by atoms with E-state index in [1.54, 1.807) is 20.4 Å². The summed E-state index contributed by atoms with van der Waals surface area (Å²) in [4.78, 5) is 10.8. The maximum Gasteiger partial charge on any atom is 0.213 e. The molecule has 0 saturated carbocycles. The third kappa shape index (κ3) is 5.60. The van der Waals surface area contributed by atoms with Gasteiger partial charge in [0.25, 0.3) is 0 Å². The van der Waals surface area contributed by atoms with E-state index in [9.17, 15) is 0 Å². The van der Waals surface area contributed by atoms with Crippen LogP contribution in [0.1, 0.15) is 17.5 Å². The molecule has 1 aromatic carbocycles. The Morgan fingerprint density at radius 3 is 2.75 bits per heavy atom. The van der Waals surface area contributed by atoms with Crippen LogP contribution >= 0.6 is 24.0 Å². The summed E-state index contributed by atoms with van der Waals surface area (Å²) in [5, 5.41) is 3.42. The predicted molar refractivity (Wildman–Crippen MR) is 124 cm³/mol. The molecule has 0 fully saturated rings. The standard InChI is InChI=1S/C21H26N4O2.HI/c1-22-21(24-15-16-7-10-23-20(13-16)27-3)25-11-8-17(9-12-25)18-5-4-6-19(14-18)26-2;/h4-8,10,13-14H,9,11-12,15H2,1-3H3,(H,22,24);1H. The molecule has 0 bridgehead atoms. The highest BCUT2D eigenvalue weighted by Crippen LogP contribution is 2.25. The normalized spacial score (nSPS) is 14.0. The van der Waals surface area contributed by atoms with E-state index in [1.165, 1.54) is 11.1 Å². The molecule has 0 radical (unpaired) electrons. The number of aromatic nitrogens is 1. The van der Waals surface area contributed by atoms with E-state index < -0.39 is 0 Å². The fraction of sp³-hybridized carbons (Fsp3) is 0.333. The number of rotatable bonds is 5. The molecule has 0 atom stereocenters. The second-order valence-corrected chi connectivity index (χ2v) is 6.26. The van der Waals surface area contributed by atoms with Gasteiger partial charge < -0.3 is 19.7 Å². The molecule has 1 N–H and O–H groups in total. The highest BCUT2D eigenvalue weighted by Gasteiger charge is 2.16. The van der Waals surface area contributed by atoms with Gasteiger partial charge in [-0.25, -0.2) is 4.98 Å².